The first-order valence-electron chi connectivity index (χ1n) is 5.79. The quantitative estimate of drug-likeness (QED) is 0.872. The third kappa shape index (κ3) is 2.93. The van der Waals surface area contributed by atoms with E-state index in [1.54, 1.807) is 17.3 Å². The summed E-state index contributed by atoms with van der Waals surface area (Å²) in [5.41, 5.74) is 4.43. The van der Waals surface area contributed by atoms with E-state index in [1.807, 2.05) is 26.0 Å². The van der Waals surface area contributed by atoms with Gasteiger partial charge >= 0.3 is 0 Å². The van der Waals surface area contributed by atoms with Gasteiger partial charge in [-0.25, -0.2) is 0 Å². The Labute approximate surface area is 121 Å². The number of anilines is 1. The molecule has 0 fully saturated rings. The lowest BCUT2D eigenvalue weighted by molar-refractivity contribution is -0.116. The van der Waals surface area contributed by atoms with E-state index in [2.05, 4.69) is 10.2 Å². The van der Waals surface area contributed by atoms with Gasteiger partial charge in [0.05, 0.1) is 12.2 Å². The van der Waals surface area contributed by atoms with Gasteiger partial charge < -0.3 is 4.90 Å². The Morgan fingerprint density at radius 2 is 2.16 bits per heavy atom. The lowest BCUT2D eigenvalue weighted by Gasteiger charge is -2.24. The highest BCUT2D eigenvalue weighted by Gasteiger charge is 2.19. The summed E-state index contributed by atoms with van der Waals surface area (Å²) in [6, 6.07) is 3.76. The fourth-order valence-electron chi connectivity index (χ4n) is 1.97. The Balaban J connectivity index is 2.45. The van der Waals surface area contributed by atoms with Crippen molar-refractivity contribution >= 4 is 34.5 Å². The normalized spacial score (nSPS) is 10.5. The van der Waals surface area contributed by atoms with Crippen molar-refractivity contribution in [3.8, 4) is 0 Å². The standard InChI is InChI=1S/C13H14ClN3OS/c1-8-4-5-11(14)9(2)13(8)17(10(3)18)6-12-16-15-7-19-12/h4-5,7H,6H2,1-3H3. The van der Waals surface area contributed by atoms with Crippen LogP contribution in [0.1, 0.15) is 23.1 Å². The van der Waals surface area contributed by atoms with Crippen molar-refractivity contribution in [3.05, 3.63) is 38.8 Å². The predicted octanol–water partition coefficient (Wildman–Crippen LogP) is 3.36. The van der Waals surface area contributed by atoms with E-state index in [0.717, 1.165) is 21.8 Å². The third-order valence-electron chi connectivity index (χ3n) is 2.92. The number of aromatic nitrogens is 2. The number of hydrogen-bond donors (Lipinski definition) is 0. The van der Waals surface area contributed by atoms with Crippen molar-refractivity contribution in [3.63, 3.8) is 0 Å². The van der Waals surface area contributed by atoms with E-state index in [4.69, 9.17) is 11.6 Å². The van der Waals surface area contributed by atoms with Crippen LogP contribution >= 0.6 is 22.9 Å². The van der Waals surface area contributed by atoms with E-state index in [0.29, 0.717) is 11.6 Å². The number of carbonyl (C=O) groups is 1. The number of halogens is 1. The molecule has 19 heavy (non-hydrogen) atoms. The highest BCUT2D eigenvalue weighted by atomic mass is 35.5. The fourth-order valence-corrected chi connectivity index (χ4v) is 2.64. The minimum Gasteiger partial charge on any atom is -0.305 e. The molecular formula is C13H14ClN3OS. The molecule has 0 N–H and O–H groups in total. The zero-order valence-electron chi connectivity index (χ0n) is 11.0. The van der Waals surface area contributed by atoms with Gasteiger partial charge in [-0.15, -0.1) is 21.5 Å². The van der Waals surface area contributed by atoms with Crippen LogP contribution in [-0.4, -0.2) is 16.1 Å². The zero-order chi connectivity index (χ0) is 14.0. The van der Waals surface area contributed by atoms with E-state index in [9.17, 15) is 4.79 Å². The van der Waals surface area contributed by atoms with Gasteiger partial charge in [0.25, 0.3) is 0 Å². The van der Waals surface area contributed by atoms with Gasteiger partial charge in [-0.05, 0) is 31.0 Å². The van der Waals surface area contributed by atoms with Gasteiger partial charge in [0, 0.05) is 11.9 Å². The summed E-state index contributed by atoms with van der Waals surface area (Å²) < 4.78 is 0. The zero-order valence-corrected chi connectivity index (χ0v) is 12.5. The van der Waals surface area contributed by atoms with E-state index >= 15 is 0 Å². The minimum atomic E-state index is -0.0383. The molecule has 0 saturated carbocycles. The molecule has 0 bridgehead atoms. The second kappa shape index (κ2) is 5.67. The van der Waals surface area contributed by atoms with Crippen LogP contribution in [0, 0.1) is 13.8 Å². The molecule has 2 rings (SSSR count). The molecule has 1 aromatic heterocycles. The number of amides is 1. The SMILES string of the molecule is CC(=O)N(Cc1nncs1)c1c(C)ccc(Cl)c1C. The molecule has 0 aliphatic carbocycles. The lowest BCUT2D eigenvalue weighted by Crippen LogP contribution is -2.29. The van der Waals surface area contributed by atoms with Crippen molar-refractivity contribution in [1.82, 2.24) is 10.2 Å². The Bertz CT molecular complexity index is 598. The van der Waals surface area contributed by atoms with Crippen molar-refractivity contribution in [2.24, 2.45) is 0 Å². The predicted molar refractivity (Wildman–Crippen MR) is 77.7 cm³/mol. The highest BCUT2D eigenvalue weighted by Crippen LogP contribution is 2.31. The molecule has 0 unspecified atom stereocenters. The molecule has 1 amide bonds. The molecular weight excluding hydrogens is 282 g/mol. The van der Waals surface area contributed by atoms with Crippen LogP contribution in [0.25, 0.3) is 0 Å². The third-order valence-corrected chi connectivity index (χ3v) is 4.01. The van der Waals surface area contributed by atoms with Gasteiger partial charge in [-0.2, -0.15) is 0 Å². The number of nitrogens with zero attached hydrogens (tertiary/aromatic N) is 3. The van der Waals surface area contributed by atoms with Crippen molar-refractivity contribution in [1.29, 1.82) is 0 Å². The number of carbonyl (C=O) groups excluding carboxylic acids is 1. The molecule has 0 aliphatic heterocycles. The summed E-state index contributed by atoms with van der Waals surface area (Å²) in [4.78, 5) is 13.6. The van der Waals surface area contributed by atoms with Gasteiger partial charge in [0.1, 0.15) is 10.5 Å². The Morgan fingerprint density at radius 1 is 1.42 bits per heavy atom. The lowest BCUT2D eigenvalue weighted by atomic mass is 10.1. The highest BCUT2D eigenvalue weighted by molar-refractivity contribution is 7.09. The molecule has 1 heterocycles. The summed E-state index contributed by atoms with van der Waals surface area (Å²) >= 11 is 7.58. The van der Waals surface area contributed by atoms with Crippen LogP contribution in [0.15, 0.2) is 17.6 Å². The first kappa shape index (κ1) is 14.0. The Hall–Kier alpha value is -1.46. The van der Waals surface area contributed by atoms with Crippen LogP contribution in [0.4, 0.5) is 5.69 Å². The number of hydrogen-bond acceptors (Lipinski definition) is 4. The average molecular weight is 296 g/mol. The number of aryl methyl sites for hydroxylation is 1. The van der Waals surface area contributed by atoms with Gasteiger partial charge in [-0.1, -0.05) is 17.7 Å². The summed E-state index contributed by atoms with van der Waals surface area (Å²) in [6.07, 6.45) is 0. The van der Waals surface area contributed by atoms with Gasteiger partial charge in [0.2, 0.25) is 5.91 Å². The molecule has 6 heteroatoms. The first-order chi connectivity index (χ1) is 9.00. The summed E-state index contributed by atoms with van der Waals surface area (Å²) in [5, 5.41) is 9.24. The minimum absolute atomic E-state index is 0.0383. The summed E-state index contributed by atoms with van der Waals surface area (Å²) in [7, 11) is 0. The van der Waals surface area contributed by atoms with Gasteiger partial charge in [0.15, 0.2) is 0 Å². The second-order valence-electron chi connectivity index (χ2n) is 4.28. The number of benzene rings is 1. The molecule has 0 aliphatic rings. The van der Waals surface area contributed by atoms with Crippen LogP contribution in [0.3, 0.4) is 0 Å². The summed E-state index contributed by atoms with van der Waals surface area (Å²) in [6.45, 7) is 5.85. The maximum Gasteiger partial charge on any atom is 0.224 e. The Kier molecular flexibility index (Phi) is 4.17. The van der Waals surface area contributed by atoms with Crippen LogP contribution in [-0.2, 0) is 11.3 Å². The molecule has 1 aromatic carbocycles. The largest absolute Gasteiger partial charge is 0.305 e. The smallest absolute Gasteiger partial charge is 0.224 e. The first-order valence-corrected chi connectivity index (χ1v) is 7.05. The molecule has 100 valence electrons. The number of rotatable bonds is 3. The fraction of sp³-hybridized carbons (Fsp3) is 0.308. The average Bonchev–Trinajstić information content (AvgIpc) is 2.86. The molecule has 2 aromatic rings. The van der Waals surface area contributed by atoms with E-state index in [1.165, 1.54) is 11.3 Å². The molecule has 0 saturated heterocycles. The van der Waals surface area contributed by atoms with Crippen LogP contribution in [0.2, 0.25) is 5.02 Å². The van der Waals surface area contributed by atoms with Crippen LogP contribution in [0.5, 0.6) is 0 Å². The second-order valence-corrected chi connectivity index (χ2v) is 5.60. The van der Waals surface area contributed by atoms with Crippen LogP contribution < -0.4 is 4.90 Å². The van der Waals surface area contributed by atoms with Gasteiger partial charge in [-0.3, -0.25) is 4.79 Å². The molecule has 4 nitrogen and oxygen atoms in total. The molecule has 0 radical (unpaired) electrons. The maximum atomic E-state index is 11.9. The van der Waals surface area contributed by atoms with E-state index in [-0.39, 0.29) is 5.91 Å². The summed E-state index contributed by atoms with van der Waals surface area (Å²) in [5.74, 6) is -0.0383. The van der Waals surface area contributed by atoms with Crippen molar-refractivity contribution in [2.75, 3.05) is 4.90 Å². The topological polar surface area (TPSA) is 46.1 Å². The maximum absolute atomic E-state index is 11.9. The molecule has 0 atom stereocenters. The van der Waals surface area contributed by atoms with E-state index < -0.39 is 0 Å². The van der Waals surface area contributed by atoms with Crippen molar-refractivity contribution < 1.29 is 4.79 Å². The molecule has 0 spiro atoms. The monoisotopic (exact) mass is 295 g/mol. The van der Waals surface area contributed by atoms with Crippen molar-refractivity contribution in [2.45, 2.75) is 27.3 Å². The Morgan fingerprint density at radius 3 is 2.74 bits per heavy atom.